The summed E-state index contributed by atoms with van der Waals surface area (Å²) in [6.45, 7) is 9.66. The molecule has 0 aliphatic heterocycles. The van der Waals surface area contributed by atoms with Crippen LogP contribution in [0.25, 0.3) is 66.1 Å². The molecule has 0 unspecified atom stereocenters. The molecule has 0 N–H and O–H groups in total. The molecule has 70 heavy (non-hydrogen) atoms. The number of benzene rings is 11. The van der Waals surface area contributed by atoms with Gasteiger partial charge in [-0.05, 0) is 130 Å². The van der Waals surface area contributed by atoms with Gasteiger partial charge in [0.1, 0.15) is 0 Å². The van der Waals surface area contributed by atoms with Crippen molar-refractivity contribution in [2.24, 2.45) is 0 Å². The fraction of sp³-hybridized carbons (Fsp3) is 0.101. The second-order valence-electron chi connectivity index (χ2n) is 20.7. The summed E-state index contributed by atoms with van der Waals surface area (Å²) in [6.07, 6.45) is 0. The maximum atomic E-state index is 2.62. The van der Waals surface area contributed by atoms with Gasteiger partial charge >= 0.3 is 0 Å². The summed E-state index contributed by atoms with van der Waals surface area (Å²) >= 11 is 0. The third-order valence-electron chi connectivity index (χ3n) is 16.4. The Morgan fingerprint density at radius 1 is 0.314 bits per heavy atom. The molecule has 332 valence electrons. The van der Waals surface area contributed by atoms with E-state index in [1.165, 1.54) is 122 Å². The van der Waals surface area contributed by atoms with Crippen LogP contribution in [0, 0.1) is 0 Å². The summed E-state index contributed by atoms with van der Waals surface area (Å²) in [7, 11) is 0. The van der Waals surface area contributed by atoms with Crippen LogP contribution in [0.1, 0.15) is 72.2 Å². The lowest BCUT2D eigenvalue weighted by Crippen LogP contribution is -2.28. The predicted octanol–water partition coefficient (Wildman–Crippen LogP) is 18.1. The fourth-order valence-corrected chi connectivity index (χ4v) is 13.5. The molecule has 0 radical (unpaired) electrons. The molecule has 1 nitrogen and oxygen atoms in total. The molecule has 0 atom stereocenters. The van der Waals surface area contributed by atoms with Crippen molar-refractivity contribution >= 4 is 38.6 Å². The molecule has 0 saturated heterocycles. The topological polar surface area (TPSA) is 3.24 Å². The van der Waals surface area contributed by atoms with Crippen LogP contribution in [0.5, 0.6) is 0 Å². The highest BCUT2D eigenvalue weighted by molar-refractivity contribution is 6.10. The first kappa shape index (κ1) is 40.8. The summed E-state index contributed by atoms with van der Waals surface area (Å²) in [5.74, 6) is 0. The molecule has 0 heterocycles. The maximum Gasteiger partial charge on any atom is 0.0713 e. The lowest BCUT2D eigenvalue weighted by molar-refractivity contribution is 0.666. The number of hydrogen-bond donors (Lipinski definition) is 0. The van der Waals surface area contributed by atoms with Gasteiger partial charge in [-0.3, -0.25) is 0 Å². The molecule has 1 heteroatoms. The molecule has 3 aliphatic rings. The first-order valence-electron chi connectivity index (χ1n) is 24.8. The summed E-state index contributed by atoms with van der Waals surface area (Å²) in [6, 6.07) is 89.1. The molecule has 0 amide bonds. The summed E-state index contributed by atoms with van der Waals surface area (Å²) in [5.41, 5.74) is 23.5. The molecule has 0 bridgehead atoms. The van der Waals surface area contributed by atoms with Gasteiger partial charge < -0.3 is 4.90 Å². The van der Waals surface area contributed by atoms with Crippen molar-refractivity contribution in [3.8, 4) is 44.5 Å². The third kappa shape index (κ3) is 5.49. The average molecular weight is 894 g/mol. The summed E-state index contributed by atoms with van der Waals surface area (Å²) in [4.78, 5) is 2.62. The third-order valence-corrected chi connectivity index (χ3v) is 16.4. The van der Waals surface area contributed by atoms with Gasteiger partial charge in [0.25, 0.3) is 0 Å². The lowest BCUT2D eigenvalue weighted by atomic mass is 9.67. The first-order valence-corrected chi connectivity index (χ1v) is 24.8. The van der Waals surface area contributed by atoms with Gasteiger partial charge in [0, 0.05) is 27.6 Å². The SMILES string of the molecule is CC1(C)c2ccccc2-c2c(N(c3ccc(-c4ccc5c(c4)C(c4ccccc4)(c4ccccc4)c4ccccc4-5)cc3)c3cc4ccccc4c4c3-c3ccccc3C4(C)C)cc3ccccc3c21. The average Bonchev–Trinajstić information content (AvgIpc) is 3.95. The highest BCUT2D eigenvalue weighted by Crippen LogP contribution is 2.61. The standard InChI is InChI=1S/C69H51N/c1-67(2)57-32-18-16-30-55(57)63-61(42-46-21-11-13-27-51(46)65(63)67)70(62-43-47-22-12-14-28-52(47)66-64(62)56-31-17-19-33-58(56)68(66,3)4)50-38-35-44(36-39-50)45-37-40-54-53-29-15-20-34-59(53)69(60(54)41-45,48-23-7-5-8-24-48)49-25-9-6-10-26-49/h5-43H,1-4H3. The van der Waals surface area contributed by atoms with Crippen LogP contribution in [0.15, 0.2) is 237 Å². The van der Waals surface area contributed by atoms with Gasteiger partial charge in [-0.15, -0.1) is 0 Å². The van der Waals surface area contributed by atoms with Gasteiger partial charge in [0.05, 0.1) is 16.8 Å². The Morgan fingerprint density at radius 2 is 0.729 bits per heavy atom. The maximum absolute atomic E-state index is 2.62. The smallest absolute Gasteiger partial charge is 0.0713 e. The quantitative estimate of drug-likeness (QED) is 0.161. The molecule has 0 spiro atoms. The lowest BCUT2D eigenvalue weighted by Gasteiger charge is -2.34. The van der Waals surface area contributed by atoms with E-state index in [2.05, 4.69) is 269 Å². The van der Waals surface area contributed by atoms with E-state index in [-0.39, 0.29) is 10.8 Å². The number of fused-ring (bicyclic) bond motifs is 13. The zero-order chi connectivity index (χ0) is 46.9. The second-order valence-corrected chi connectivity index (χ2v) is 20.7. The molecule has 0 aromatic heterocycles. The number of nitrogens with zero attached hydrogens (tertiary/aromatic N) is 1. The highest BCUT2D eigenvalue weighted by Gasteiger charge is 2.47. The second kappa shape index (κ2) is 14.9. The molecule has 11 aromatic rings. The van der Waals surface area contributed by atoms with Gasteiger partial charge in [0.2, 0.25) is 0 Å². The van der Waals surface area contributed by atoms with Crippen LogP contribution in [-0.2, 0) is 16.2 Å². The normalized spacial score (nSPS) is 14.9. The van der Waals surface area contributed by atoms with Crippen molar-refractivity contribution in [3.63, 3.8) is 0 Å². The molecule has 0 saturated carbocycles. The highest BCUT2D eigenvalue weighted by atomic mass is 15.1. The monoisotopic (exact) mass is 893 g/mol. The Balaban J connectivity index is 1.03. The molecule has 14 rings (SSSR count). The summed E-state index contributed by atoms with van der Waals surface area (Å²) < 4.78 is 0. The van der Waals surface area contributed by atoms with Crippen molar-refractivity contribution in [2.75, 3.05) is 4.90 Å². The molecular formula is C69H51N. The van der Waals surface area contributed by atoms with Crippen molar-refractivity contribution in [1.29, 1.82) is 0 Å². The van der Waals surface area contributed by atoms with Crippen molar-refractivity contribution in [1.82, 2.24) is 0 Å². The minimum atomic E-state index is -0.470. The van der Waals surface area contributed by atoms with Crippen molar-refractivity contribution < 1.29 is 0 Å². The van der Waals surface area contributed by atoms with Crippen LogP contribution in [-0.4, -0.2) is 0 Å². The Labute approximate surface area is 411 Å². The van der Waals surface area contributed by atoms with E-state index >= 15 is 0 Å². The van der Waals surface area contributed by atoms with Crippen molar-refractivity contribution in [3.05, 3.63) is 281 Å². The van der Waals surface area contributed by atoms with E-state index in [0.29, 0.717) is 0 Å². The van der Waals surface area contributed by atoms with Gasteiger partial charge in [-0.25, -0.2) is 0 Å². The van der Waals surface area contributed by atoms with Gasteiger partial charge in [-0.2, -0.15) is 0 Å². The van der Waals surface area contributed by atoms with Crippen LogP contribution in [0.2, 0.25) is 0 Å². The van der Waals surface area contributed by atoms with Crippen LogP contribution in [0.4, 0.5) is 17.1 Å². The Morgan fingerprint density at radius 3 is 1.26 bits per heavy atom. The Kier molecular flexibility index (Phi) is 8.66. The Hall–Kier alpha value is -8.26. The van der Waals surface area contributed by atoms with Crippen LogP contribution >= 0.6 is 0 Å². The van der Waals surface area contributed by atoms with Crippen molar-refractivity contribution in [2.45, 2.75) is 43.9 Å². The number of hydrogen-bond acceptors (Lipinski definition) is 1. The summed E-state index contributed by atoms with van der Waals surface area (Å²) in [5, 5.41) is 5.12. The minimum absolute atomic E-state index is 0.209. The number of anilines is 3. The predicted molar refractivity (Wildman–Crippen MR) is 294 cm³/mol. The molecule has 11 aromatic carbocycles. The molecular weight excluding hydrogens is 843 g/mol. The number of rotatable bonds is 6. The molecule has 3 aliphatic carbocycles. The zero-order valence-electron chi connectivity index (χ0n) is 40.0. The van der Waals surface area contributed by atoms with E-state index in [1.807, 2.05) is 0 Å². The first-order chi connectivity index (χ1) is 34.3. The van der Waals surface area contributed by atoms with E-state index in [4.69, 9.17) is 0 Å². The fourth-order valence-electron chi connectivity index (χ4n) is 13.5. The van der Waals surface area contributed by atoms with Gasteiger partial charge in [-0.1, -0.05) is 234 Å². The Bertz CT molecular complexity index is 3740. The van der Waals surface area contributed by atoms with Gasteiger partial charge in [0.15, 0.2) is 0 Å². The van der Waals surface area contributed by atoms with Crippen LogP contribution in [0.3, 0.4) is 0 Å². The van der Waals surface area contributed by atoms with Crippen LogP contribution < -0.4 is 4.90 Å². The van der Waals surface area contributed by atoms with E-state index in [0.717, 1.165) is 5.69 Å². The molecule has 0 fully saturated rings. The largest absolute Gasteiger partial charge is 0.309 e. The van der Waals surface area contributed by atoms with E-state index < -0.39 is 5.41 Å². The van der Waals surface area contributed by atoms with E-state index in [1.54, 1.807) is 0 Å². The zero-order valence-corrected chi connectivity index (χ0v) is 40.0. The minimum Gasteiger partial charge on any atom is -0.309 e. The van der Waals surface area contributed by atoms with E-state index in [9.17, 15) is 0 Å².